The largest absolute Gasteiger partial charge is 0.481 e. The topological polar surface area (TPSA) is 63.6 Å². The predicted molar refractivity (Wildman–Crippen MR) is 24.3 cm³/mol. The van der Waals surface area contributed by atoms with Gasteiger partial charge in [0.1, 0.15) is 6.42 Å². The van der Waals surface area contributed by atoms with Gasteiger partial charge in [0.15, 0.2) is 0 Å². The molecule has 0 unspecified atom stereocenters. The second-order valence-corrected chi connectivity index (χ2v) is 1.20. The molecule has 0 bridgehead atoms. The Balaban J connectivity index is 3.39. The monoisotopic (exact) mass is 136 g/mol. The third-order valence-corrected chi connectivity index (χ3v) is 0.511. The number of hydrogen-bond donors (Lipinski definition) is 1. The average molecular weight is 136 g/mol. The Bertz CT molecular complexity index is 122. The van der Waals surface area contributed by atoms with Crippen LogP contribution in [-0.4, -0.2) is 23.9 Å². The normalized spacial score (nSPS) is 8.56. The van der Waals surface area contributed by atoms with Gasteiger partial charge in [-0.1, -0.05) is 0 Å². The second kappa shape index (κ2) is 3.82. The molecule has 0 saturated heterocycles. The summed E-state index contributed by atoms with van der Waals surface area (Å²) in [7, 11) is 0. The molecule has 0 radical (unpaired) electrons. The maximum Gasteiger partial charge on any atom is 0.319 e. The maximum absolute atomic E-state index is 11.1. The first-order valence-corrected chi connectivity index (χ1v) is 2.10. The van der Waals surface area contributed by atoms with Crippen LogP contribution in [-0.2, 0) is 14.3 Å². The molecule has 4 nitrogen and oxygen atoms in total. The molecule has 0 aromatic rings. The lowest BCUT2D eigenvalue weighted by atomic mass is 10.4. The minimum Gasteiger partial charge on any atom is -0.481 e. The first kappa shape index (κ1) is 7.87. The van der Waals surface area contributed by atoms with Gasteiger partial charge in [-0.3, -0.25) is 9.59 Å². The number of esters is 1. The molecule has 0 aliphatic carbocycles. The summed E-state index contributed by atoms with van der Waals surface area (Å²) < 4.78 is 14.7. The molecule has 0 aliphatic heterocycles. The van der Waals surface area contributed by atoms with Gasteiger partial charge in [-0.05, 0) is 0 Å². The van der Waals surface area contributed by atoms with E-state index in [0.29, 0.717) is 0 Å². The fraction of sp³-hybridized carbons (Fsp3) is 0.500. The van der Waals surface area contributed by atoms with Gasteiger partial charge in [-0.2, -0.15) is 0 Å². The molecular formula is C4H5FO4. The summed E-state index contributed by atoms with van der Waals surface area (Å²) in [6.45, 7) is -1.27. The van der Waals surface area contributed by atoms with E-state index in [1.807, 2.05) is 0 Å². The fourth-order valence-corrected chi connectivity index (χ4v) is 0.235. The first-order valence-electron chi connectivity index (χ1n) is 2.10. The Kier molecular flexibility index (Phi) is 3.34. The summed E-state index contributed by atoms with van der Waals surface area (Å²) in [5.41, 5.74) is 0. The first-order chi connectivity index (χ1) is 4.16. The van der Waals surface area contributed by atoms with Crippen molar-refractivity contribution in [3.8, 4) is 0 Å². The van der Waals surface area contributed by atoms with Gasteiger partial charge < -0.3 is 9.84 Å². The molecule has 0 spiro atoms. The van der Waals surface area contributed by atoms with Crippen LogP contribution in [0.2, 0.25) is 0 Å². The Hall–Kier alpha value is -1.13. The minimum absolute atomic E-state index is 0.788. The number of halogens is 1. The molecule has 0 aromatic heterocycles. The van der Waals surface area contributed by atoms with E-state index in [4.69, 9.17) is 5.11 Å². The van der Waals surface area contributed by atoms with Gasteiger partial charge in [-0.15, -0.1) is 0 Å². The van der Waals surface area contributed by atoms with E-state index in [-0.39, 0.29) is 0 Å². The lowest BCUT2D eigenvalue weighted by Gasteiger charge is -1.93. The molecule has 0 heterocycles. The van der Waals surface area contributed by atoms with Crippen LogP contribution in [0, 0.1) is 0 Å². The smallest absolute Gasteiger partial charge is 0.319 e. The molecule has 9 heavy (non-hydrogen) atoms. The maximum atomic E-state index is 11.1. The summed E-state index contributed by atoms with van der Waals surface area (Å²) in [6.07, 6.45) is -0.788. The third-order valence-electron chi connectivity index (χ3n) is 0.511. The molecule has 0 amide bonds. The highest BCUT2D eigenvalue weighted by atomic mass is 19.1. The fourth-order valence-electron chi connectivity index (χ4n) is 0.235. The molecule has 0 atom stereocenters. The summed E-state index contributed by atoms with van der Waals surface area (Å²) in [6, 6.07) is 0. The van der Waals surface area contributed by atoms with Crippen molar-refractivity contribution in [3.05, 3.63) is 0 Å². The van der Waals surface area contributed by atoms with Crippen LogP contribution in [0.25, 0.3) is 0 Å². The van der Waals surface area contributed by atoms with Crippen molar-refractivity contribution in [1.82, 2.24) is 0 Å². The number of alkyl halides is 1. The van der Waals surface area contributed by atoms with Crippen LogP contribution >= 0.6 is 0 Å². The van der Waals surface area contributed by atoms with Gasteiger partial charge in [0.2, 0.25) is 6.86 Å². The number of carbonyl (C=O) groups is 2. The second-order valence-electron chi connectivity index (χ2n) is 1.20. The standard InChI is InChI=1S/C4H5FO4/c5-2-9-4(8)1-3(6)7/h1-2H2,(H,6,7). The summed E-state index contributed by atoms with van der Waals surface area (Å²) in [5, 5.41) is 7.89. The number of carboxylic acid groups (broad SMARTS) is 1. The van der Waals surface area contributed by atoms with Crippen LogP contribution in [0.3, 0.4) is 0 Å². The van der Waals surface area contributed by atoms with E-state index < -0.39 is 25.2 Å². The summed E-state index contributed by atoms with van der Waals surface area (Å²) >= 11 is 0. The SMILES string of the molecule is O=C(O)CC(=O)OCF. The lowest BCUT2D eigenvalue weighted by molar-refractivity contribution is -0.154. The number of hydrogen-bond acceptors (Lipinski definition) is 3. The lowest BCUT2D eigenvalue weighted by Crippen LogP contribution is -2.09. The van der Waals surface area contributed by atoms with E-state index >= 15 is 0 Å². The van der Waals surface area contributed by atoms with Crippen LogP contribution in [0.5, 0.6) is 0 Å². The number of aliphatic carboxylic acids is 1. The van der Waals surface area contributed by atoms with Gasteiger partial charge in [0.05, 0.1) is 0 Å². The third kappa shape index (κ3) is 4.73. The van der Waals surface area contributed by atoms with Crippen LogP contribution in [0.4, 0.5) is 4.39 Å². The van der Waals surface area contributed by atoms with E-state index in [1.54, 1.807) is 0 Å². The van der Waals surface area contributed by atoms with Crippen molar-refractivity contribution in [2.75, 3.05) is 6.86 Å². The molecule has 0 aliphatic rings. The van der Waals surface area contributed by atoms with E-state index in [2.05, 4.69) is 4.74 Å². The molecule has 0 rings (SSSR count). The number of carbonyl (C=O) groups excluding carboxylic acids is 1. The van der Waals surface area contributed by atoms with E-state index in [0.717, 1.165) is 0 Å². The van der Waals surface area contributed by atoms with Crippen LogP contribution in [0.1, 0.15) is 6.42 Å². The highest BCUT2D eigenvalue weighted by Crippen LogP contribution is 1.85. The number of rotatable bonds is 3. The molecule has 0 saturated carbocycles. The van der Waals surface area contributed by atoms with Gasteiger partial charge >= 0.3 is 11.9 Å². The summed E-state index contributed by atoms with van der Waals surface area (Å²) in [5.74, 6) is -2.39. The Morgan fingerprint density at radius 2 is 2.11 bits per heavy atom. The van der Waals surface area contributed by atoms with Crippen molar-refractivity contribution in [3.63, 3.8) is 0 Å². The summed E-state index contributed by atoms with van der Waals surface area (Å²) in [4.78, 5) is 19.7. The zero-order valence-electron chi connectivity index (χ0n) is 4.46. The number of ether oxygens (including phenoxy) is 1. The highest BCUT2D eigenvalue weighted by Gasteiger charge is 2.07. The van der Waals surface area contributed by atoms with Crippen molar-refractivity contribution >= 4 is 11.9 Å². The molecule has 52 valence electrons. The van der Waals surface area contributed by atoms with Crippen molar-refractivity contribution in [2.24, 2.45) is 0 Å². The molecular weight excluding hydrogens is 131 g/mol. The van der Waals surface area contributed by atoms with Crippen molar-refractivity contribution in [2.45, 2.75) is 6.42 Å². The molecule has 1 N–H and O–H groups in total. The predicted octanol–water partition coefficient (Wildman–Crippen LogP) is -0.0687. The van der Waals surface area contributed by atoms with Gasteiger partial charge in [-0.25, -0.2) is 4.39 Å². The Labute approximate surface area is 50.2 Å². The Morgan fingerprint density at radius 3 is 2.44 bits per heavy atom. The average Bonchev–Trinajstić information content (AvgIpc) is 1.63. The quantitative estimate of drug-likeness (QED) is 0.435. The van der Waals surface area contributed by atoms with E-state index in [9.17, 15) is 14.0 Å². The van der Waals surface area contributed by atoms with E-state index in [1.165, 1.54) is 0 Å². The zero-order chi connectivity index (χ0) is 7.28. The zero-order valence-corrected chi connectivity index (χ0v) is 4.46. The molecule has 0 fully saturated rings. The minimum atomic E-state index is -1.33. The van der Waals surface area contributed by atoms with Crippen LogP contribution < -0.4 is 0 Å². The molecule has 0 aromatic carbocycles. The van der Waals surface area contributed by atoms with Crippen LogP contribution in [0.15, 0.2) is 0 Å². The highest BCUT2D eigenvalue weighted by molar-refractivity contribution is 5.89. The van der Waals surface area contributed by atoms with Gasteiger partial charge in [0, 0.05) is 0 Å². The van der Waals surface area contributed by atoms with Crippen molar-refractivity contribution < 1.29 is 23.8 Å². The number of carboxylic acids is 1. The molecule has 5 heteroatoms. The van der Waals surface area contributed by atoms with Crippen molar-refractivity contribution in [1.29, 1.82) is 0 Å². The Morgan fingerprint density at radius 1 is 1.56 bits per heavy atom. The van der Waals surface area contributed by atoms with Gasteiger partial charge in [0.25, 0.3) is 0 Å².